The van der Waals surface area contributed by atoms with Crippen LogP contribution in [0.15, 0.2) is 0 Å². The van der Waals surface area contributed by atoms with E-state index < -0.39 is 0 Å². The van der Waals surface area contributed by atoms with Crippen LogP contribution in [0, 0.1) is 11.8 Å². The molecule has 0 spiro atoms. The number of unbranched alkanes of at least 4 members (excludes halogenated alkanes) is 5. The minimum absolute atomic E-state index is 0.120. The van der Waals surface area contributed by atoms with Crippen molar-refractivity contribution in [2.75, 3.05) is 7.11 Å². The normalized spacial score (nSPS) is 9.20. The minimum atomic E-state index is -0.120. The Morgan fingerprint density at radius 2 is 1.67 bits per heavy atom. The quantitative estimate of drug-likeness (QED) is 0.366. The molecule has 0 fully saturated rings. The van der Waals surface area contributed by atoms with Gasteiger partial charge in [0.05, 0.1) is 7.11 Å². The first-order valence-electron chi connectivity index (χ1n) is 5.83. The molecule has 0 atom stereocenters. The molecule has 0 radical (unpaired) electrons. The molecule has 2 nitrogen and oxygen atoms in total. The number of rotatable bonds is 7. The van der Waals surface area contributed by atoms with Gasteiger partial charge in [-0.2, -0.15) is 0 Å². The van der Waals surface area contributed by atoms with E-state index in [9.17, 15) is 4.79 Å². The van der Waals surface area contributed by atoms with E-state index in [1.165, 1.54) is 26.4 Å². The highest BCUT2D eigenvalue weighted by atomic mass is 16.5. The third-order valence-corrected chi connectivity index (χ3v) is 2.19. The lowest BCUT2D eigenvalue weighted by atomic mass is 10.2. The summed E-state index contributed by atoms with van der Waals surface area (Å²) in [6, 6.07) is 0. The van der Waals surface area contributed by atoms with Crippen LogP contribution in [0.4, 0.5) is 0 Å². The van der Waals surface area contributed by atoms with Crippen LogP contribution in [0.2, 0.25) is 0 Å². The van der Waals surface area contributed by atoms with E-state index in [2.05, 4.69) is 23.5 Å². The average molecular weight is 210 g/mol. The summed E-state index contributed by atoms with van der Waals surface area (Å²) in [5.41, 5.74) is 0. The van der Waals surface area contributed by atoms with Gasteiger partial charge in [-0.3, -0.25) is 4.79 Å². The van der Waals surface area contributed by atoms with Crippen molar-refractivity contribution in [2.45, 2.75) is 58.3 Å². The zero-order valence-electron chi connectivity index (χ0n) is 9.97. The Kier molecular flexibility index (Phi) is 10.4. The number of hydrogen-bond acceptors (Lipinski definition) is 2. The van der Waals surface area contributed by atoms with Gasteiger partial charge in [0.1, 0.15) is 0 Å². The second-order valence-corrected chi connectivity index (χ2v) is 3.59. The summed E-state index contributed by atoms with van der Waals surface area (Å²) in [7, 11) is 1.43. The highest BCUT2D eigenvalue weighted by molar-refractivity contribution is 5.68. The molecule has 0 N–H and O–H groups in total. The lowest BCUT2D eigenvalue weighted by Gasteiger charge is -1.96. The van der Waals surface area contributed by atoms with Gasteiger partial charge in [0.2, 0.25) is 0 Å². The molecule has 0 unspecified atom stereocenters. The molecule has 0 aromatic carbocycles. The van der Waals surface area contributed by atoms with Crippen LogP contribution < -0.4 is 0 Å². The van der Waals surface area contributed by atoms with E-state index in [1.54, 1.807) is 0 Å². The molecule has 0 aliphatic heterocycles. The number of carbonyl (C=O) groups excluding carboxylic acids is 1. The van der Waals surface area contributed by atoms with Crippen molar-refractivity contribution in [3.8, 4) is 11.8 Å². The average Bonchev–Trinajstić information content (AvgIpc) is 2.26. The third kappa shape index (κ3) is 11.0. The van der Waals surface area contributed by atoms with Gasteiger partial charge < -0.3 is 4.74 Å². The van der Waals surface area contributed by atoms with E-state index in [-0.39, 0.29) is 5.97 Å². The molecule has 0 saturated carbocycles. The van der Waals surface area contributed by atoms with Crippen LogP contribution in [-0.4, -0.2) is 13.1 Å². The molecule has 0 saturated heterocycles. The lowest BCUT2D eigenvalue weighted by molar-refractivity contribution is -0.140. The standard InChI is InChI=1S/C13H22O2/c1-3-4-5-6-7-8-9-10-11-12-13(14)15-2/h3-6,9-12H2,1-2H3. The summed E-state index contributed by atoms with van der Waals surface area (Å²) in [5.74, 6) is 6.17. The Morgan fingerprint density at radius 3 is 2.20 bits per heavy atom. The lowest BCUT2D eigenvalue weighted by Crippen LogP contribution is -1.98. The number of ether oxygens (including phenoxy) is 1. The highest BCUT2D eigenvalue weighted by Gasteiger charge is 1.97. The van der Waals surface area contributed by atoms with Gasteiger partial charge in [0, 0.05) is 19.3 Å². The Morgan fingerprint density at radius 1 is 1.07 bits per heavy atom. The number of hydrogen-bond donors (Lipinski definition) is 0. The first-order chi connectivity index (χ1) is 7.31. The topological polar surface area (TPSA) is 26.3 Å². The van der Waals surface area contributed by atoms with E-state index in [4.69, 9.17) is 0 Å². The maximum atomic E-state index is 10.8. The summed E-state index contributed by atoms with van der Waals surface area (Å²) in [6.45, 7) is 2.19. The van der Waals surface area contributed by atoms with Gasteiger partial charge in [-0.25, -0.2) is 0 Å². The molecule has 0 aromatic rings. The van der Waals surface area contributed by atoms with Crippen LogP contribution in [-0.2, 0) is 9.53 Å². The van der Waals surface area contributed by atoms with Gasteiger partial charge in [-0.15, -0.1) is 11.8 Å². The summed E-state index contributed by atoms with van der Waals surface area (Å²) in [5, 5.41) is 0. The molecule has 0 aliphatic rings. The van der Waals surface area contributed by atoms with E-state index in [1.807, 2.05) is 0 Å². The third-order valence-electron chi connectivity index (χ3n) is 2.19. The summed E-state index contributed by atoms with van der Waals surface area (Å²) >= 11 is 0. The van der Waals surface area contributed by atoms with Gasteiger partial charge in [-0.05, 0) is 19.3 Å². The van der Waals surface area contributed by atoms with Crippen molar-refractivity contribution in [3.05, 3.63) is 0 Å². The summed E-state index contributed by atoms with van der Waals surface area (Å²) < 4.78 is 4.55. The number of methoxy groups -OCH3 is 1. The fraction of sp³-hybridized carbons (Fsp3) is 0.769. The van der Waals surface area contributed by atoms with Gasteiger partial charge in [0.15, 0.2) is 0 Å². The van der Waals surface area contributed by atoms with Crippen LogP contribution in [0.1, 0.15) is 58.3 Å². The van der Waals surface area contributed by atoms with Gasteiger partial charge >= 0.3 is 5.97 Å². The SMILES string of the molecule is CCCCCC#CCCCCC(=O)OC. The highest BCUT2D eigenvalue weighted by Crippen LogP contribution is 2.01. The molecule has 0 amide bonds. The number of carbonyl (C=O) groups is 1. The summed E-state index contributed by atoms with van der Waals surface area (Å²) in [4.78, 5) is 10.8. The fourth-order valence-corrected chi connectivity index (χ4v) is 1.22. The molecule has 0 rings (SSSR count). The maximum absolute atomic E-state index is 10.8. The van der Waals surface area contributed by atoms with Crippen molar-refractivity contribution >= 4 is 5.97 Å². The zero-order chi connectivity index (χ0) is 11.4. The van der Waals surface area contributed by atoms with Crippen LogP contribution in [0.25, 0.3) is 0 Å². The Bertz CT molecular complexity index is 210. The van der Waals surface area contributed by atoms with Crippen molar-refractivity contribution in [2.24, 2.45) is 0 Å². The van der Waals surface area contributed by atoms with E-state index in [0.29, 0.717) is 6.42 Å². The summed E-state index contributed by atoms with van der Waals surface area (Å²) in [6.07, 6.45) is 8.07. The van der Waals surface area contributed by atoms with Crippen molar-refractivity contribution < 1.29 is 9.53 Å². The predicted molar refractivity (Wildman–Crippen MR) is 62.4 cm³/mol. The van der Waals surface area contributed by atoms with Gasteiger partial charge in [-0.1, -0.05) is 19.8 Å². The van der Waals surface area contributed by atoms with Crippen LogP contribution >= 0.6 is 0 Å². The molecular weight excluding hydrogens is 188 g/mol. The number of esters is 1. The van der Waals surface area contributed by atoms with Crippen molar-refractivity contribution in [3.63, 3.8) is 0 Å². The molecular formula is C13H22O2. The monoisotopic (exact) mass is 210 g/mol. The first kappa shape index (κ1) is 14.0. The fourth-order valence-electron chi connectivity index (χ4n) is 1.22. The van der Waals surface area contributed by atoms with Gasteiger partial charge in [0.25, 0.3) is 0 Å². The van der Waals surface area contributed by atoms with Crippen LogP contribution in [0.3, 0.4) is 0 Å². The smallest absolute Gasteiger partial charge is 0.305 e. The van der Waals surface area contributed by atoms with E-state index >= 15 is 0 Å². The Labute approximate surface area is 93.4 Å². The first-order valence-corrected chi connectivity index (χ1v) is 5.83. The molecule has 86 valence electrons. The molecule has 0 aromatic heterocycles. The maximum Gasteiger partial charge on any atom is 0.305 e. The molecule has 0 aliphatic carbocycles. The molecule has 0 heterocycles. The zero-order valence-corrected chi connectivity index (χ0v) is 9.97. The second-order valence-electron chi connectivity index (χ2n) is 3.59. The molecule has 2 heteroatoms. The van der Waals surface area contributed by atoms with Crippen molar-refractivity contribution in [1.29, 1.82) is 0 Å². The molecule has 0 bridgehead atoms. The molecule has 15 heavy (non-hydrogen) atoms. The predicted octanol–water partition coefficient (Wildman–Crippen LogP) is 3.30. The van der Waals surface area contributed by atoms with Crippen LogP contribution in [0.5, 0.6) is 0 Å². The Hall–Kier alpha value is -0.970. The minimum Gasteiger partial charge on any atom is -0.469 e. The second kappa shape index (κ2) is 11.1. The van der Waals surface area contributed by atoms with Crippen molar-refractivity contribution in [1.82, 2.24) is 0 Å². The van der Waals surface area contributed by atoms with E-state index in [0.717, 1.165) is 25.7 Å². The Balaban J connectivity index is 3.19. The largest absolute Gasteiger partial charge is 0.469 e.